The predicted molar refractivity (Wildman–Crippen MR) is 68.6 cm³/mol. The molecule has 2 atom stereocenters. The molecule has 0 saturated heterocycles. The molecule has 4 heteroatoms. The van der Waals surface area contributed by atoms with E-state index in [0.717, 1.165) is 12.5 Å². The lowest BCUT2D eigenvalue weighted by atomic mass is 9.96. The van der Waals surface area contributed by atoms with Crippen molar-refractivity contribution >= 4 is 0 Å². The van der Waals surface area contributed by atoms with Gasteiger partial charge in [-0.2, -0.15) is 0 Å². The monoisotopic (exact) mass is 257 g/mol. The van der Waals surface area contributed by atoms with E-state index in [0.29, 0.717) is 24.5 Å². The molecule has 18 heavy (non-hydrogen) atoms. The van der Waals surface area contributed by atoms with E-state index in [9.17, 15) is 8.78 Å². The summed E-state index contributed by atoms with van der Waals surface area (Å²) in [5.41, 5.74) is 0.416. The number of hydrogen-bond donors (Lipinski definition) is 1. The average molecular weight is 257 g/mol. The molecule has 0 heterocycles. The number of benzene rings is 1. The number of methoxy groups -OCH3 is 1. The van der Waals surface area contributed by atoms with Gasteiger partial charge >= 0.3 is 0 Å². The van der Waals surface area contributed by atoms with Crippen LogP contribution in [-0.4, -0.2) is 26.8 Å². The third-order valence-corrected chi connectivity index (χ3v) is 3.04. The van der Waals surface area contributed by atoms with Crippen LogP contribution < -0.4 is 5.32 Å². The molecular weight excluding hydrogens is 236 g/mol. The van der Waals surface area contributed by atoms with Gasteiger partial charge in [0.25, 0.3) is 0 Å². The van der Waals surface area contributed by atoms with Crippen molar-refractivity contribution in [3.63, 3.8) is 0 Å². The minimum atomic E-state index is -0.785. The number of likely N-dealkylation sites (N-methyl/N-ethyl adjacent to an activating group) is 1. The Bertz CT molecular complexity index is 371. The molecule has 0 aromatic heterocycles. The maximum atomic E-state index is 13.6. The smallest absolute Gasteiger partial charge is 0.162 e. The fourth-order valence-electron chi connectivity index (χ4n) is 2.11. The molecule has 1 aromatic carbocycles. The Hall–Kier alpha value is -1.00. The van der Waals surface area contributed by atoms with Gasteiger partial charge in [0, 0.05) is 19.8 Å². The van der Waals surface area contributed by atoms with Gasteiger partial charge in [0.05, 0.1) is 0 Å². The van der Waals surface area contributed by atoms with E-state index in [1.807, 2.05) is 7.05 Å². The highest BCUT2D eigenvalue weighted by Crippen LogP contribution is 2.16. The summed E-state index contributed by atoms with van der Waals surface area (Å²) in [7, 11) is 3.50. The van der Waals surface area contributed by atoms with E-state index in [-0.39, 0.29) is 6.04 Å². The van der Waals surface area contributed by atoms with Gasteiger partial charge in [-0.05, 0) is 37.4 Å². The molecule has 0 radical (unpaired) electrons. The fourth-order valence-corrected chi connectivity index (χ4v) is 2.11. The van der Waals surface area contributed by atoms with Crippen molar-refractivity contribution in [2.24, 2.45) is 5.92 Å². The number of ether oxygens (including phenoxy) is 1. The van der Waals surface area contributed by atoms with Gasteiger partial charge in [0.1, 0.15) is 0 Å². The molecule has 0 amide bonds. The Morgan fingerprint density at radius 2 is 2.06 bits per heavy atom. The van der Waals surface area contributed by atoms with Crippen LogP contribution in [0.3, 0.4) is 0 Å². The van der Waals surface area contributed by atoms with Gasteiger partial charge < -0.3 is 10.1 Å². The Morgan fingerprint density at radius 1 is 1.33 bits per heavy atom. The first-order valence-corrected chi connectivity index (χ1v) is 6.17. The normalized spacial score (nSPS) is 14.5. The lowest BCUT2D eigenvalue weighted by Crippen LogP contribution is -2.31. The van der Waals surface area contributed by atoms with Gasteiger partial charge in [0.2, 0.25) is 0 Å². The van der Waals surface area contributed by atoms with Gasteiger partial charge in [-0.15, -0.1) is 0 Å². The molecule has 2 nitrogen and oxygen atoms in total. The summed E-state index contributed by atoms with van der Waals surface area (Å²) in [6.45, 7) is 2.75. The summed E-state index contributed by atoms with van der Waals surface area (Å²) >= 11 is 0. The molecule has 0 aliphatic heterocycles. The van der Waals surface area contributed by atoms with Crippen molar-refractivity contribution in [3.05, 3.63) is 35.4 Å². The molecule has 1 aromatic rings. The zero-order chi connectivity index (χ0) is 13.5. The molecule has 0 saturated carbocycles. The largest absolute Gasteiger partial charge is 0.384 e. The van der Waals surface area contributed by atoms with Gasteiger partial charge in [-0.1, -0.05) is 19.1 Å². The van der Waals surface area contributed by atoms with E-state index in [4.69, 9.17) is 4.74 Å². The zero-order valence-electron chi connectivity index (χ0n) is 11.2. The minimum absolute atomic E-state index is 0.117. The second-order valence-electron chi connectivity index (χ2n) is 4.70. The van der Waals surface area contributed by atoms with Crippen molar-refractivity contribution in [3.8, 4) is 0 Å². The fraction of sp³-hybridized carbons (Fsp3) is 0.571. The van der Waals surface area contributed by atoms with Gasteiger partial charge in [-0.3, -0.25) is 0 Å². The number of nitrogens with one attached hydrogen (secondary N) is 1. The standard InChI is InChI=1S/C14H21F2NO/c1-10(9-18-3)7-12(17-2)8-11-5-4-6-13(15)14(11)16/h4-6,10,12,17H,7-9H2,1-3H3. The van der Waals surface area contributed by atoms with Gasteiger partial charge in [0.15, 0.2) is 11.6 Å². The average Bonchev–Trinajstić information content (AvgIpc) is 2.34. The van der Waals surface area contributed by atoms with Crippen molar-refractivity contribution in [1.82, 2.24) is 5.32 Å². The van der Waals surface area contributed by atoms with Crippen LogP contribution in [0.4, 0.5) is 8.78 Å². The van der Waals surface area contributed by atoms with E-state index >= 15 is 0 Å². The number of halogens is 2. The SMILES string of the molecule is CNC(Cc1cccc(F)c1F)CC(C)COC. The quantitative estimate of drug-likeness (QED) is 0.811. The Kier molecular flexibility index (Phi) is 6.22. The summed E-state index contributed by atoms with van der Waals surface area (Å²) in [5.74, 6) is -1.14. The minimum Gasteiger partial charge on any atom is -0.384 e. The Labute approximate surface area is 107 Å². The number of hydrogen-bond acceptors (Lipinski definition) is 2. The van der Waals surface area contributed by atoms with Crippen LogP contribution in [0, 0.1) is 17.6 Å². The summed E-state index contributed by atoms with van der Waals surface area (Å²) < 4.78 is 31.7. The molecular formula is C14H21F2NO. The van der Waals surface area contributed by atoms with E-state index < -0.39 is 11.6 Å². The zero-order valence-corrected chi connectivity index (χ0v) is 11.2. The summed E-state index contributed by atoms with van der Waals surface area (Å²) in [5, 5.41) is 3.14. The maximum absolute atomic E-state index is 13.6. The van der Waals surface area contributed by atoms with Crippen molar-refractivity contribution in [1.29, 1.82) is 0 Å². The molecule has 102 valence electrons. The van der Waals surface area contributed by atoms with Crippen LogP contribution in [0.1, 0.15) is 18.9 Å². The predicted octanol–water partition coefficient (Wildman–Crippen LogP) is 2.77. The highest BCUT2D eigenvalue weighted by molar-refractivity contribution is 5.20. The second kappa shape index (κ2) is 7.44. The maximum Gasteiger partial charge on any atom is 0.162 e. The van der Waals surface area contributed by atoms with E-state index in [1.165, 1.54) is 0 Å². The molecule has 0 aliphatic carbocycles. The summed E-state index contributed by atoms with van der Waals surface area (Å²) in [4.78, 5) is 0. The molecule has 0 aliphatic rings. The first-order valence-electron chi connectivity index (χ1n) is 6.17. The molecule has 0 bridgehead atoms. The summed E-state index contributed by atoms with van der Waals surface area (Å²) in [6, 6.07) is 4.43. The molecule has 0 fully saturated rings. The third kappa shape index (κ3) is 4.35. The van der Waals surface area contributed by atoms with Crippen molar-refractivity contribution in [2.45, 2.75) is 25.8 Å². The number of rotatable bonds is 7. The van der Waals surface area contributed by atoms with Crippen LogP contribution in [0.15, 0.2) is 18.2 Å². The Balaban J connectivity index is 2.65. The van der Waals surface area contributed by atoms with Crippen molar-refractivity contribution < 1.29 is 13.5 Å². The topological polar surface area (TPSA) is 21.3 Å². The second-order valence-corrected chi connectivity index (χ2v) is 4.70. The first kappa shape index (κ1) is 15.1. The highest BCUT2D eigenvalue weighted by atomic mass is 19.2. The van der Waals surface area contributed by atoms with E-state index in [2.05, 4.69) is 12.2 Å². The summed E-state index contributed by atoms with van der Waals surface area (Å²) in [6.07, 6.45) is 1.34. The van der Waals surface area contributed by atoms with Crippen LogP contribution >= 0.6 is 0 Å². The molecule has 0 spiro atoms. The molecule has 2 unspecified atom stereocenters. The molecule has 1 rings (SSSR count). The molecule has 1 N–H and O–H groups in total. The van der Waals surface area contributed by atoms with Crippen LogP contribution in [0.25, 0.3) is 0 Å². The van der Waals surface area contributed by atoms with Crippen molar-refractivity contribution in [2.75, 3.05) is 20.8 Å². The van der Waals surface area contributed by atoms with Crippen LogP contribution in [0.2, 0.25) is 0 Å². The lowest BCUT2D eigenvalue weighted by Gasteiger charge is -2.20. The van der Waals surface area contributed by atoms with Crippen LogP contribution in [-0.2, 0) is 11.2 Å². The lowest BCUT2D eigenvalue weighted by molar-refractivity contribution is 0.150. The third-order valence-electron chi connectivity index (χ3n) is 3.04. The highest BCUT2D eigenvalue weighted by Gasteiger charge is 2.15. The van der Waals surface area contributed by atoms with Gasteiger partial charge in [-0.25, -0.2) is 8.78 Å². The van der Waals surface area contributed by atoms with E-state index in [1.54, 1.807) is 19.2 Å². The Morgan fingerprint density at radius 3 is 2.67 bits per heavy atom. The first-order chi connectivity index (χ1) is 8.58. The van der Waals surface area contributed by atoms with Crippen LogP contribution in [0.5, 0.6) is 0 Å².